The van der Waals surface area contributed by atoms with E-state index in [1.807, 2.05) is 10.7 Å². The number of fused-ring (bicyclic) bond motifs is 1. The molecule has 4 nitrogen and oxygen atoms in total. The van der Waals surface area contributed by atoms with Crippen LogP contribution in [0.3, 0.4) is 0 Å². The molecule has 1 fully saturated rings. The van der Waals surface area contributed by atoms with Gasteiger partial charge in [-0.25, -0.2) is 4.52 Å². The van der Waals surface area contributed by atoms with E-state index in [1.165, 1.54) is 50.5 Å². The molecule has 1 aliphatic rings. The van der Waals surface area contributed by atoms with Gasteiger partial charge < -0.3 is 5.32 Å². The van der Waals surface area contributed by atoms with Crippen LogP contribution < -0.4 is 5.32 Å². The number of nitrogens with one attached hydrogen (secondary N) is 1. The van der Waals surface area contributed by atoms with E-state index in [2.05, 4.69) is 34.5 Å². The molecule has 1 N–H and O–H groups in total. The molecule has 0 atom stereocenters. The van der Waals surface area contributed by atoms with Gasteiger partial charge in [0.15, 0.2) is 5.65 Å². The maximum absolute atomic E-state index is 4.56. The second-order valence-electron chi connectivity index (χ2n) is 5.63. The Morgan fingerprint density at radius 3 is 2.68 bits per heavy atom. The summed E-state index contributed by atoms with van der Waals surface area (Å²) in [5, 5.41) is 8.01. The standard InChI is InChI=1S/C15H22N4/c1-12-9-10-19-14(11-12)17-15(18-19)16-13-7-5-3-2-4-6-8-13/h9-11,13H,2-8H2,1H3,(H,16,18). The molecule has 0 radical (unpaired) electrons. The third kappa shape index (κ3) is 3.06. The monoisotopic (exact) mass is 258 g/mol. The lowest BCUT2D eigenvalue weighted by molar-refractivity contribution is 0.470. The zero-order valence-corrected chi connectivity index (χ0v) is 11.6. The summed E-state index contributed by atoms with van der Waals surface area (Å²) in [5.74, 6) is 0.774. The fraction of sp³-hybridized carbons (Fsp3) is 0.600. The molecule has 0 unspecified atom stereocenters. The van der Waals surface area contributed by atoms with Crippen molar-refractivity contribution in [2.45, 2.75) is 57.9 Å². The van der Waals surface area contributed by atoms with Gasteiger partial charge in [-0.2, -0.15) is 4.98 Å². The van der Waals surface area contributed by atoms with Crippen LogP contribution in [0.15, 0.2) is 18.3 Å². The van der Waals surface area contributed by atoms with Gasteiger partial charge in [0.05, 0.1) is 0 Å². The van der Waals surface area contributed by atoms with Crippen LogP contribution in [-0.2, 0) is 0 Å². The molecule has 19 heavy (non-hydrogen) atoms. The van der Waals surface area contributed by atoms with Gasteiger partial charge in [-0.15, -0.1) is 5.10 Å². The average Bonchev–Trinajstić information content (AvgIpc) is 2.74. The molecule has 0 amide bonds. The normalized spacial score (nSPS) is 18.2. The van der Waals surface area contributed by atoms with Crippen molar-refractivity contribution >= 4 is 11.6 Å². The third-order valence-electron chi connectivity index (χ3n) is 3.93. The molecule has 0 bridgehead atoms. The average molecular weight is 258 g/mol. The first-order valence-corrected chi connectivity index (χ1v) is 7.41. The number of aromatic nitrogens is 3. The lowest BCUT2D eigenvalue weighted by Gasteiger charge is -2.19. The minimum atomic E-state index is 0.541. The molecular formula is C15H22N4. The third-order valence-corrected chi connectivity index (χ3v) is 3.93. The van der Waals surface area contributed by atoms with E-state index in [9.17, 15) is 0 Å². The van der Waals surface area contributed by atoms with Gasteiger partial charge in [-0.05, 0) is 37.5 Å². The van der Waals surface area contributed by atoms with Crippen molar-refractivity contribution in [1.82, 2.24) is 14.6 Å². The van der Waals surface area contributed by atoms with Crippen LogP contribution >= 0.6 is 0 Å². The fourth-order valence-electron chi connectivity index (χ4n) is 2.83. The topological polar surface area (TPSA) is 42.2 Å². The van der Waals surface area contributed by atoms with Crippen LogP contribution in [0, 0.1) is 6.92 Å². The molecule has 102 valence electrons. The van der Waals surface area contributed by atoms with Gasteiger partial charge >= 0.3 is 0 Å². The highest BCUT2D eigenvalue weighted by atomic mass is 15.3. The van der Waals surface area contributed by atoms with Crippen molar-refractivity contribution in [2.75, 3.05) is 5.32 Å². The van der Waals surface area contributed by atoms with Gasteiger partial charge in [0.25, 0.3) is 0 Å². The van der Waals surface area contributed by atoms with Gasteiger partial charge in [0.1, 0.15) is 0 Å². The number of nitrogens with zero attached hydrogens (tertiary/aromatic N) is 3. The quantitative estimate of drug-likeness (QED) is 0.895. The molecule has 0 spiro atoms. The highest BCUT2D eigenvalue weighted by molar-refractivity contribution is 5.45. The van der Waals surface area contributed by atoms with Crippen LogP contribution in [0.2, 0.25) is 0 Å². The Bertz CT molecular complexity index is 538. The molecule has 2 aromatic heterocycles. The van der Waals surface area contributed by atoms with Crippen molar-refractivity contribution < 1.29 is 0 Å². The maximum Gasteiger partial charge on any atom is 0.243 e. The lowest BCUT2D eigenvalue weighted by Crippen LogP contribution is -2.21. The van der Waals surface area contributed by atoms with Gasteiger partial charge in [0, 0.05) is 12.2 Å². The van der Waals surface area contributed by atoms with Gasteiger partial charge in [-0.3, -0.25) is 0 Å². The molecule has 2 heterocycles. The van der Waals surface area contributed by atoms with Crippen LogP contribution in [0.25, 0.3) is 5.65 Å². The van der Waals surface area contributed by atoms with Gasteiger partial charge in [-0.1, -0.05) is 32.1 Å². The van der Waals surface area contributed by atoms with E-state index in [-0.39, 0.29) is 0 Å². The number of hydrogen-bond acceptors (Lipinski definition) is 3. The fourth-order valence-corrected chi connectivity index (χ4v) is 2.83. The van der Waals surface area contributed by atoms with E-state index in [1.54, 1.807) is 0 Å². The molecular weight excluding hydrogens is 236 g/mol. The minimum Gasteiger partial charge on any atom is -0.350 e. The first-order valence-electron chi connectivity index (χ1n) is 7.41. The minimum absolute atomic E-state index is 0.541. The summed E-state index contributed by atoms with van der Waals surface area (Å²) in [7, 11) is 0. The zero-order chi connectivity index (χ0) is 13.1. The number of rotatable bonds is 2. The summed E-state index contributed by atoms with van der Waals surface area (Å²) in [5.41, 5.74) is 2.14. The Labute approximate surface area is 114 Å². The predicted molar refractivity (Wildman–Crippen MR) is 77.5 cm³/mol. The Kier molecular flexibility index (Phi) is 3.67. The molecule has 0 saturated heterocycles. The van der Waals surface area contributed by atoms with Crippen LogP contribution in [0.1, 0.15) is 50.5 Å². The second-order valence-corrected chi connectivity index (χ2v) is 5.63. The Balaban J connectivity index is 1.72. The molecule has 1 saturated carbocycles. The second kappa shape index (κ2) is 5.59. The summed E-state index contributed by atoms with van der Waals surface area (Å²) in [6.45, 7) is 2.08. The molecule has 2 aromatic rings. The van der Waals surface area contributed by atoms with Crippen LogP contribution in [0.5, 0.6) is 0 Å². The van der Waals surface area contributed by atoms with E-state index in [4.69, 9.17) is 0 Å². The first-order chi connectivity index (χ1) is 9.31. The first kappa shape index (κ1) is 12.5. The van der Waals surface area contributed by atoms with Crippen molar-refractivity contribution in [3.8, 4) is 0 Å². The summed E-state index contributed by atoms with van der Waals surface area (Å²) in [6.07, 6.45) is 11.3. The van der Waals surface area contributed by atoms with Crippen molar-refractivity contribution in [3.63, 3.8) is 0 Å². The Morgan fingerprint density at radius 2 is 1.89 bits per heavy atom. The lowest BCUT2D eigenvalue weighted by atomic mass is 9.97. The van der Waals surface area contributed by atoms with Crippen molar-refractivity contribution in [3.05, 3.63) is 23.9 Å². The van der Waals surface area contributed by atoms with Crippen molar-refractivity contribution in [1.29, 1.82) is 0 Å². The molecule has 4 heteroatoms. The summed E-state index contributed by atoms with van der Waals surface area (Å²) < 4.78 is 1.85. The number of pyridine rings is 1. The van der Waals surface area contributed by atoms with E-state index in [0.717, 1.165) is 11.6 Å². The van der Waals surface area contributed by atoms with E-state index >= 15 is 0 Å². The molecule has 0 aromatic carbocycles. The Morgan fingerprint density at radius 1 is 1.16 bits per heavy atom. The van der Waals surface area contributed by atoms with Crippen LogP contribution in [0.4, 0.5) is 5.95 Å². The molecule has 3 rings (SSSR count). The highest BCUT2D eigenvalue weighted by Gasteiger charge is 2.13. The largest absolute Gasteiger partial charge is 0.350 e. The highest BCUT2D eigenvalue weighted by Crippen LogP contribution is 2.19. The number of aryl methyl sites for hydroxylation is 1. The number of hydrogen-bond donors (Lipinski definition) is 1. The summed E-state index contributed by atoms with van der Waals surface area (Å²) in [6, 6.07) is 4.66. The molecule has 1 aliphatic carbocycles. The zero-order valence-electron chi connectivity index (χ0n) is 11.6. The number of anilines is 1. The SMILES string of the molecule is Cc1ccn2nc(NC3CCCCCCC3)nc2c1. The van der Waals surface area contributed by atoms with E-state index < -0.39 is 0 Å². The van der Waals surface area contributed by atoms with Crippen LogP contribution in [-0.4, -0.2) is 20.6 Å². The summed E-state index contributed by atoms with van der Waals surface area (Å²) >= 11 is 0. The van der Waals surface area contributed by atoms with E-state index in [0.29, 0.717) is 6.04 Å². The van der Waals surface area contributed by atoms with Gasteiger partial charge in [0.2, 0.25) is 5.95 Å². The van der Waals surface area contributed by atoms with Crippen molar-refractivity contribution in [2.24, 2.45) is 0 Å². The smallest absolute Gasteiger partial charge is 0.243 e. The molecule has 0 aliphatic heterocycles. The summed E-state index contributed by atoms with van der Waals surface area (Å²) in [4.78, 5) is 4.56. The predicted octanol–water partition coefficient (Wildman–Crippen LogP) is 3.56. The maximum atomic E-state index is 4.56. The Hall–Kier alpha value is -1.58.